The lowest BCUT2D eigenvalue weighted by Gasteiger charge is -2.18. The first-order valence-electron chi connectivity index (χ1n) is 5.83. The lowest BCUT2D eigenvalue weighted by Crippen LogP contribution is -2.27. The summed E-state index contributed by atoms with van der Waals surface area (Å²) in [5.74, 6) is 0.416. The number of nitrogens with one attached hydrogen (secondary N) is 1. The first kappa shape index (κ1) is 13.1. The van der Waals surface area contributed by atoms with Crippen molar-refractivity contribution in [2.45, 2.75) is 26.4 Å². The highest BCUT2D eigenvalue weighted by Crippen LogP contribution is 2.18. The predicted octanol–water partition coefficient (Wildman–Crippen LogP) is 3.08. The first-order chi connectivity index (χ1) is 8.94. The molecule has 0 aliphatic carbocycles. The van der Waals surface area contributed by atoms with Crippen molar-refractivity contribution in [2.24, 2.45) is 0 Å². The Balaban J connectivity index is 2.04. The molecule has 1 heterocycles. The topological polar surface area (TPSA) is 77.2 Å². The number of anilines is 1. The van der Waals surface area contributed by atoms with Crippen molar-refractivity contribution in [3.05, 3.63) is 30.3 Å². The van der Waals surface area contributed by atoms with Crippen LogP contribution in [0.5, 0.6) is 0 Å². The fourth-order valence-corrected chi connectivity index (χ4v) is 1.37. The third kappa shape index (κ3) is 3.80. The average molecular weight is 261 g/mol. The van der Waals surface area contributed by atoms with E-state index in [9.17, 15) is 4.79 Å². The molecular formula is C13H15N3O3. The van der Waals surface area contributed by atoms with Crippen molar-refractivity contribution in [3.63, 3.8) is 0 Å². The number of hydrogen-bond donors (Lipinski definition) is 1. The molecule has 6 heteroatoms. The molecule has 0 unspecified atom stereocenters. The summed E-state index contributed by atoms with van der Waals surface area (Å²) < 4.78 is 10.1. The molecular weight excluding hydrogens is 246 g/mol. The van der Waals surface area contributed by atoms with E-state index in [1.54, 1.807) is 20.8 Å². The van der Waals surface area contributed by atoms with Crippen LogP contribution in [0, 0.1) is 0 Å². The van der Waals surface area contributed by atoms with Crippen LogP contribution in [0.3, 0.4) is 0 Å². The van der Waals surface area contributed by atoms with E-state index < -0.39 is 11.7 Å². The van der Waals surface area contributed by atoms with Crippen LogP contribution in [0.25, 0.3) is 11.5 Å². The second-order valence-electron chi connectivity index (χ2n) is 4.92. The maximum absolute atomic E-state index is 11.5. The second-order valence-corrected chi connectivity index (χ2v) is 4.92. The lowest BCUT2D eigenvalue weighted by atomic mass is 10.2. The largest absolute Gasteiger partial charge is 0.444 e. The maximum Gasteiger partial charge on any atom is 0.414 e. The van der Waals surface area contributed by atoms with Gasteiger partial charge in [0.05, 0.1) is 0 Å². The number of hydrogen-bond acceptors (Lipinski definition) is 5. The molecule has 6 nitrogen and oxygen atoms in total. The van der Waals surface area contributed by atoms with E-state index >= 15 is 0 Å². The molecule has 2 rings (SSSR count). The number of aromatic nitrogens is 2. The Morgan fingerprint density at radius 3 is 2.58 bits per heavy atom. The molecule has 0 spiro atoms. The molecule has 0 atom stereocenters. The summed E-state index contributed by atoms with van der Waals surface area (Å²) in [7, 11) is 0. The van der Waals surface area contributed by atoms with Gasteiger partial charge in [0.15, 0.2) is 0 Å². The summed E-state index contributed by atoms with van der Waals surface area (Å²) in [6.07, 6.45) is -0.618. The van der Waals surface area contributed by atoms with Crippen molar-refractivity contribution in [2.75, 3.05) is 5.32 Å². The Morgan fingerprint density at radius 2 is 1.95 bits per heavy atom. The monoisotopic (exact) mass is 261 g/mol. The highest BCUT2D eigenvalue weighted by Gasteiger charge is 2.18. The maximum atomic E-state index is 11.5. The van der Waals surface area contributed by atoms with Gasteiger partial charge in [-0.05, 0) is 38.1 Å². The van der Waals surface area contributed by atoms with E-state index in [4.69, 9.17) is 9.26 Å². The fourth-order valence-electron chi connectivity index (χ4n) is 1.37. The summed E-state index contributed by atoms with van der Waals surface area (Å²) in [5, 5.41) is 6.08. The van der Waals surface area contributed by atoms with Gasteiger partial charge < -0.3 is 9.26 Å². The fraction of sp³-hybridized carbons (Fsp3) is 0.308. The number of benzene rings is 1. The molecule has 1 aromatic heterocycles. The van der Waals surface area contributed by atoms with E-state index in [1.807, 2.05) is 30.3 Å². The smallest absolute Gasteiger partial charge is 0.414 e. The molecule has 0 aliphatic heterocycles. The Bertz CT molecular complexity index is 558. The SMILES string of the molecule is CC(C)(C)OC(=O)Nc1noc(-c2ccccc2)n1. The van der Waals surface area contributed by atoms with Gasteiger partial charge in [0.25, 0.3) is 11.8 Å². The summed E-state index contributed by atoms with van der Waals surface area (Å²) in [5.41, 5.74) is 0.211. The van der Waals surface area contributed by atoms with Gasteiger partial charge in [-0.1, -0.05) is 18.2 Å². The molecule has 1 amide bonds. The molecule has 0 saturated heterocycles. The third-order valence-corrected chi connectivity index (χ3v) is 2.06. The zero-order chi connectivity index (χ0) is 13.9. The van der Waals surface area contributed by atoms with Gasteiger partial charge in [-0.25, -0.2) is 4.79 Å². The van der Waals surface area contributed by atoms with Gasteiger partial charge in [-0.15, -0.1) is 0 Å². The van der Waals surface area contributed by atoms with E-state index in [-0.39, 0.29) is 5.95 Å². The highest BCUT2D eigenvalue weighted by atomic mass is 16.6. The van der Waals surface area contributed by atoms with Gasteiger partial charge in [-0.2, -0.15) is 4.98 Å². The van der Waals surface area contributed by atoms with Crippen molar-refractivity contribution in [3.8, 4) is 11.5 Å². The molecule has 1 N–H and O–H groups in total. The van der Waals surface area contributed by atoms with Gasteiger partial charge in [0, 0.05) is 5.56 Å². The number of rotatable bonds is 2. The van der Waals surface area contributed by atoms with Crippen LogP contribution in [0.1, 0.15) is 20.8 Å². The van der Waals surface area contributed by atoms with Crippen LogP contribution >= 0.6 is 0 Å². The van der Waals surface area contributed by atoms with Gasteiger partial charge in [0.2, 0.25) is 0 Å². The van der Waals surface area contributed by atoms with Crippen molar-refractivity contribution in [1.82, 2.24) is 10.1 Å². The van der Waals surface area contributed by atoms with Crippen LogP contribution in [0.4, 0.5) is 10.7 Å². The van der Waals surface area contributed by atoms with Crippen LogP contribution in [-0.4, -0.2) is 21.8 Å². The Kier molecular flexibility index (Phi) is 3.50. The number of amides is 1. The Hall–Kier alpha value is -2.37. The van der Waals surface area contributed by atoms with E-state index in [2.05, 4.69) is 15.5 Å². The van der Waals surface area contributed by atoms with Gasteiger partial charge in [-0.3, -0.25) is 5.32 Å². The quantitative estimate of drug-likeness (QED) is 0.898. The Labute approximate surface area is 110 Å². The molecule has 0 saturated carbocycles. The zero-order valence-electron chi connectivity index (χ0n) is 11.0. The first-order valence-corrected chi connectivity index (χ1v) is 5.83. The molecule has 0 radical (unpaired) electrons. The number of carbonyl (C=O) groups excluding carboxylic acids is 1. The summed E-state index contributed by atoms with van der Waals surface area (Å²) in [4.78, 5) is 15.6. The molecule has 0 aliphatic rings. The summed E-state index contributed by atoms with van der Waals surface area (Å²) in [6, 6.07) is 9.29. The normalized spacial score (nSPS) is 11.1. The van der Waals surface area contributed by atoms with Gasteiger partial charge in [0.1, 0.15) is 5.60 Å². The van der Waals surface area contributed by atoms with Crippen molar-refractivity contribution >= 4 is 12.0 Å². The minimum absolute atomic E-state index is 0.0769. The standard InChI is InChI=1S/C13H15N3O3/c1-13(2,3)18-12(17)15-11-14-10(19-16-11)9-7-5-4-6-8-9/h4-8H,1-3H3,(H,15,16,17). The van der Waals surface area contributed by atoms with E-state index in [0.29, 0.717) is 5.89 Å². The summed E-state index contributed by atoms with van der Waals surface area (Å²) >= 11 is 0. The minimum atomic E-state index is -0.618. The summed E-state index contributed by atoms with van der Waals surface area (Å²) in [6.45, 7) is 5.33. The minimum Gasteiger partial charge on any atom is -0.444 e. The highest BCUT2D eigenvalue weighted by molar-refractivity contribution is 5.82. The molecule has 19 heavy (non-hydrogen) atoms. The number of nitrogens with zero attached hydrogens (tertiary/aromatic N) is 2. The van der Waals surface area contributed by atoms with Gasteiger partial charge >= 0.3 is 6.09 Å². The van der Waals surface area contributed by atoms with E-state index in [0.717, 1.165) is 5.56 Å². The second kappa shape index (κ2) is 5.09. The van der Waals surface area contributed by atoms with Crippen molar-refractivity contribution in [1.29, 1.82) is 0 Å². The number of carbonyl (C=O) groups is 1. The predicted molar refractivity (Wildman–Crippen MR) is 69.6 cm³/mol. The molecule has 0 bridgehead atoms. The third-order valence-electron chi connectivity index (χ3n) is 2.06. The van der Waals surface area contributed by atoms with Crippen molar-refractivity contribution < 1.29 is 14.1 Å². The molecule has 100 valence electrons. The average Bonchev–Trinajstić information content (AvgIpc) is 2.76. The molecule has 2 aromatic rings. The van der Waals surface area contributed by atoms with Crippen LogP contribution in [-0.2, 0) is 4.74 Å². The molecule has 1 aromatic carbocycles. The number of ether oxygens (including phenoxy) is 1. The zero-order valence-corrected chi connectivity index (χ0v) is 11.0. The van der Waals surface area contributed by atoms with Crippen LogP contribution in [0.2, 0.25) is 0 Å². The lowest BCUT2D eigenvalue weighted by molar-refractivity contribution is 0.0634. The van der Waals surface area contributed by atoms with Crippen LogP contribution < -0.4 is 5.32 Å². The molecule has 0 fully saturated rings. The Morgan fingerprint density at radius 1 is 1.26 bits per heavy atom. The van der Waals surface area contributed by atoms with Crippen LogP contribution in [0.15, 0.2) is 34.9 Å². The van der Waals surface area contributed by atoms with E-state index in [1.165, 1.54) is 0 Å².